The number of hydrogen-bond acceptors (Lipinski definition) is 2. The maximum atomic E-state index is 6.17. The molecule has 2 aromatic carbocycles. The monoisotopic (exact) mass is 328 g/mol. The summed E-state index contributed by atoms with van der Waals surface area (Å²) in [6, 6.07) is 12.1. The second-order valence-corrected chi connectivity index (χ2v) is 6.73. The Morgan fingerprint density at radius 2 is 1.91 bits per heavy atom. The molecular formula is C20H21ClO2. The molecule has 1 heterocycles. The van der Waals surface area contributed by atoms with E-state index in [9.17, 15) is 0 Å². The van der Waals surface area contributed by atoms with Crippen molar-refractivity contribution in [2.24, 2.45) is 0 Å². The molecule has 1 aliphatic heterocycles. The number of benzene rings is 2. The average Bonchev–Trinajstić information content (AvgIpc) is 2.48. The molecule has 0 amide bonds. The molecule has 0 aliphatic carbocycles. The predicted octanol–water partition coefficient (Wildman–Crippen LogP) is 5.65. The van der Waals surface area contributed by atoms with E-state index in [0.29, 0.717) is 6.61 Å². The summed E-state index contributed by atoms with van der Waals surface area (Å²) in [5, 5.41) is 0.785. The van der Waals surface area contributed by atoms with Crippen LogP contribution in [0.2, 0.25) is 5.02 Å². The van der Waals surface area contributed by atoms with Crippen LogP contribution in [-0.2, 0) is 0 Å². The van der Waals surface area contributed by atoms with Crippen molar-refractivity contribution in [3.63, 3.8) is 0 Å². The van der Waals surface area contributed by atoms with E-state index in [1.807, 2.05) is 32.0 Å². The van der Waals surface area contributed by atoms with Crippen molar-refractivity contribution in [2.75, 3.05) is 6.61 Å². The molecule has 1 aliphatic rings. The fourth-order valence-corrected chi connectivity index (χ4v) is 2.97. The van der Waals surface area contributed by atoms with Gasteiger partial charge in [-0.15, -0.1) is 0 Å². The summed E-state index contributed by atoms with van der Waals surface area (Å²) < 4.78 is 11.7. The summed E-state index contributed by atoms with van der Waals surface area (Å²) in [7, 11) is 0. The molecule has 120 valence electrons. The second kappa shape index (κ2) is 5.93. The van der Waals surface area contributed by atoms with Crippen molar-refractivity contribution in [3.05, 3.63) is 64.2 Å². The lowest BCUT2D eigenvalue weighted by Gasteiger charge is -2.31. The molecule has 0 N–H and O–H groups in total. The summed E-state index contributed by atoms with van der Waals surface area (Å²) in [5.74, 6) is 1.68. The topological polar surface area (TPSA) is 18.5 Å². The normalized spacial score (nSPS) is 15.4. The summed E-state index contributed by atoms with van der Waals surface area (Å²) in [6.07, 6.45) is 2.17. The van der Waals surface area contributed by atoms with Crippen molar-refractivity contribution in [3.8, 4) is 11.5 Å². The second-order valence-electron chi connectivity index (χ2n) is 6.32. The zero-order valence-corrected chi connectivity index (χ0v) is 14.7. The molecule has 0 fully saturated rings. The standard InChI is InChI=1S/C20H21ClO2/c1-5-22-15-7-8-16-17(12-20(3,4)23-19(16)11-15)14-6-9-18(21)13(2)10-14/h6-12H,5H2,1-4H3. The average molecular weight is 329 g/mol. The number of aryl methyl sites for hydroxylation is 1. The first-order valence-electron chi connectivity index (χ1n) is 7.85. The Labute approximate surface area is 142 Å². The molecule has 3 rings (SSSR count). The van der Waals surface area contributed by atoms with Gasteiger partial charge in [0.15, 0.2) is 0 Å². The van der Waals surface area contributed by atoms with Crippen LogP contribution in [0.4, 0.5) is 0 Å². The van der Waals surface area contributed by atoms with Gasteiger partial charge in [-0.05, 0) is 74.7 Å². The van der Waals surface area contributed by atoms with Gasteiger partial charge in [0.1, 0.15) is 17.1 Å². The Kier molecular flexibility index (Phi) is 4.11. The van der Waals surface area contributed by atoms with Crippen molar-refractivity contribution < 1.29 is 9.47 Å². The fraction of sp³-hybridized carbons (Fsp3) is 0.300. The Morgan fingerprint density at radius 1 is 1.13 bits per heavy atom. The molecule has 0 unspecified atom stereocenters. The molecule has 0 bridgehead atoms. The Morgan fingerprint density at radius 3 is 2.61 bits per heavy atom. The van der Waals surface area contributed by atoms with Crippen LogP contribution in [0.3, 0.4) is 0 Å². The van der Waals surface area contributed by atoms with E-state index in [2.05, 4.69) is 38.1 Å². The van der Waals surface area contributed by atoms with Crippen LogP contribution >= 0.6 is 11.6 Å². The highest BCUT2D eigenvalue weighted by Gasteiger charge is 2.27. The van der Waals surface area contributed by atoms with E-state index in [1.54, 1.807) is 0 Å². The number of halogens is 1. The lowest BCUT2D eigenvalue weighted by Crippen LogP contribution is -2.29. The smallest absolute Gasteiger partial charge is 0.132 e. The van der Waals surface area contributed by atoms with E-state index in [1.165, 1.54) is 5.57 Å². The van der Waals surface area contributed by atoms with Gasteiger partial charge in [-0.3, -0.25) is 0 Å². The van der Waals surface area contributed by atoms with Crippen LogP contribution in [0, 0.1) is 6.92 Å². The fourth-order valence-electron chi connectivity index (χ4n) is 2.86. The maximum Gasteiger partial charge on any atom is 0.132 e. The molecule has 0 saturated heterocycles. The molecule has 0 atom stereocenters. The Bertz CT molecular complexity index is 775. The summed E-state index contributed by atoms with van der Waals surface area (Å²) >= 11 is 6.17. The lowest BCUT2D eigenvalue weighted by molar-refractivity contribution is 0.157. The SMILES string of the molecule is CCOc1ccc2c(c1)OC(C)(C)C=C2c1ccc(Cl)c(C)c1. The number of fused-ring (bicyclic) bond motifs is 1. The highest BCUT2D eigenvalue weighted by molar-refractivity contribution is 6.31. The molecule has 0 aromatic heterocycles. The van der Waals surface area contributed by atoms with Gasteiger partial charge >= 0.3 is 0 Å². The largest absolute Gasteiger partial charge is 0.494 e. The lowest BCUT2D eigenvalue weighted by atomic mass is 9.89. The first kappa shape index (κ1) is 15.9. The van der Waals surface area contributed by atoms with Gasteiger partial charge in [0.25, 0.3) is 0 Å². The number of hydrogen-bond donors (Lipinski definition) is 0. The van der Waals surface area contributed by atoms with E-state index in [-0.39, 0.29) is 5.60 Å². The van der Waals surface area contributed by atoms with Crippen molar-refractivity contribution in [1.29, 1.82) is 0 Å². The van der Waals surface area contributed by atoms with Crippen LogP contribution in [0.1, 0.15) is 37.5 Å². The Hall–Kier alpha value is -1.93. The van der Waals surface area contributed by atoms with Gasteiger partial charge in [-0.1, -0.05) is 17.7 Å². The van der Waals surface area contributed by atoms with Crippen LogP contribution in [0.25, 0.3) is 5.57 Å². The summed E-state index contributed by atoms with van der Waals surface area (Å²) in [5.41, 5.74) is 4.09. The van der Waals surface area contributed by atoms with Crippen molar-refractivity contribution >= 4 is 17.2 Å². The zero-order valence-electron chi connectivity index (χ0n) is 13.9. The van der Waals surface area contributed by atoms with Crippen LogP contribution < -0.4 is 9.47 Å². The predicted molar refractivity (Wildman–Crippen MR) is 95.6 cm³/mol. The summed E-state index contributed by atoms with van der Waals surface area (Å²) in [4.78, 5) is 0. The van der Waals surface area contributed by atoms with Crippen LogP contribution in [0.5, 0.6) is 11.5 Å². The molecule has 0 saturated carbocycles. The first-order chi connectivity index (χ1) is 10.9. The molecule has 0 radical (unpaired) electrons. The van der Waals surface area contributed by atoms with Crippen molar-refractivity contribution in [2.45, 2.75) is 33.3 Å². The van der Waals surface area contributed by atoms with Gasteiger partial charge in [0, 0.05) is 16.7 Å². The quantitative estimate of drug-likeness (QED) is 0.724. The molecule has 0 spiro atoms. The Balaban J connectivity index is 2.12. The summed E-state index contributed by atoms with van der Waals surface area (Å²) in [6.45, 7) is 8.77. The van der Waals surface area contributed by atoms with Gasteiger partial charge in [-0.25, -0.2) is 0 Å². The third-order valence-corrected chi connectivity index (χ3v) is 4.31. The van der Waals surface area contributed by atoms with Gasteiger partial charge in [0.05, 0.1) is 6.61 Å². The molecule has 23 heavy (non-hydrogen) atoms. The number of rotatable bonds is 3. The van der Waals surface area contributed by atoms with Crippen molar-refractivity contribution in [1.82, 2.24) is 0 Å². The molecule has 3 heteroatoms. The van der Waals surface area contributed by atoms with Crippen LogP contribution in [0.15, 0.2) is 42.5 Å². The first-order valence-corrected chi connectivity index (χ1v) is 8.23. The highest BCUT2D eigenvalue weighted by Crippen LogP contribution is 2.41. The van der Waals surface area contributed by atoms with E-state index >= 15 is 0 Å². The minimum atomic E-state index is -0.374. The minimum absolute atomic E-state index is 0.374. The van der Waals surface area contributed by atoms with Gasteiger partial charge in [-0.2, -0.15) is 0 Å². The van der Waals surface area contributed by atoms with E-state index in [0.717, 1.165) is 33.2 Å². The highest BCUT2D eigenvalue weighted by atomic mass is 35.5. The minimum Gasteiger partial charge on any atom is -0.494 e. The maximum absolute atomic E-state index is 6.17. The zero-order chi connectivity index (χ0) is 16.6. The van der Waals surface area contributed by atoms with Gasteiger partial charge < -0.3 is 9.47 Å². The van der Waals surface area contributed by atoms with Crippen LogP contribution in [-0.4, -0.2) is 12.2 Å². The number of ether oxygens (including phenoxy) is 2. The molecular weight excluding hydrogens is 308 g/mol. The third kappa shape index (κ3) is 3.23. The van der Waals surface area contributed by atoms with E-state index in [4.69, 9.17) is 21.1 Å². The van der Waals surface area contributed by atoms with E-state index < -0.39 is 0 Å². The van der Waals surface area contributed by atoms with Gasteiger partial charge in [0.2, 0.25) is 0 Å². The molecule has 2 aromatic rings. The molecule has 2 nitrogen and oxygen atoms in total. The third-order valence-electron chi connectivity index (χ3n) is 3.89.